The Labute approximate surface area is 122 Å². The van der Waals surface area contributed by atoms with E-state index in [9.17, 15) is 14.3 Å². The van der Waals surface area contributed by atoms with Gasteiger partial charge in [-0.2, -0.15) is 0 Å². The van der Waals surface area contributed by atoms with Crippen molar-refractivity contribution in [3.8, 4) is 5.75 Å². The average Bonchev–Trinajstić information content (AvgIpc) is 2.87. The van der Waals surface area contributed by atoms with Crippen molar-refractivity contribution in [1.29, 1.82) is 0 Å². The van der Waals surface area contributed by atoms with Crippen LogP contribution in [0.15, 0.2) is 48.5 Å². The summed E-state index contributed by atoms with van der Waals surface area (Å²) in [5.41, 5.74) is 1.56. The zero-order valence-corrected chi connectivity index (χ0v) is 11.3. The van der Waals surface area contributed by atoms with Gasteiger partial charge in [-0.1, -0.05) is 30.3 Å². The van der Waals surface area contributed by atoms with E-state index in [2.05, 4.69) is 0 Å². The zero-order chi connectivity index (χ0) is 14.8. The number of hydrogen-bond donors (Lipinski definition) is 1. The molecule has 0 saturated carbocycles. The normalized spacial score (nSPS) is 17.9. The molecular weight excluding hydrogens is 271 g/mol. The van der Waals surface area contributed by atoms with Gasteiger partial charge in [-0.3, -0.25) is 4.79 Å². The largest absolute Gasteiger partial charge is 0.490 e. The number of hydrogen-bond acceptors (Lipinski definition) is 2. The molecule has 2 unspecified atom stereocenters. The number of carboxylic acid groups (broad SMARTS) is 1. The Kier molecular flexibility index (Phi) is 3.60. The molecule has 0 spiro atoms. The standard InChI is InChI=1S/C17H15FO3/c18-13-6-7-16-12(8-13)9-14(21-16)10-15(17(19)20)11-4-2-1-3-5-11/h1-8,14-15H,9-10H2,(H,19,20). The molecule has 1 aliphatic heterocycles. The fourth-order valence-electron chi connectivity index (χ4n) is 2.75. The highest BCUT2D eigenvalue weighted by Gasteiger charge is 2.30. The summed E-state index contributed by atoms with van der Waals surface area (Å²) >= 11 is 0. The maximum absolute atomic E-state index is 13.2. The maximum atomic E-state index is 13.2. The van der Waals surface area contributed by atoms with E-state index in [0.29, 0.717) is 18.6 Å². The fraction of sp³-hybridized carbons (Fsp3) is 0.235. The summed E-state index contributed by atoms with van der Waals surface area (Å²) in [7, 11) is 0. The van der Waals surface area contributed by atoms with Crippen LogP contribution >= 0.6 is 0 Å². The van der Waals surface area contributed by atoms with E-state index >= 15 is 0 Å². The van der Waals surface area contributed by atoms with E-state index < -0.39 is 11.9 Å². The third kappa shape index (κ3) is 2.89. The smallest absolute Gasteiger partial charge is 0.311 e. The topological polar surface area (TPSA) is 46.5 Å². The lowest BCUT2D eigenvalue weighted by Crippen LogP contribution is -2.22. The summed E-state index contributed by atoms with van der Waals surface area (Å²) in [6.45, 7) is 0. The minimum Gasteiger partial charge on any atom is -0.490 e. The lowest BCUT2D eigenvalue weighted by atomic mass is 9.92. The molecule has 3 nitrogen and oxygen atoms in total. The summed E-state index contributed by atoms with van der Waals surface area (Å²) < 4.78 is 18.9. The molecule has 0 aromatic heterocycles. The zero-order valence-electron chi connectivity index (χ0n) is 11.3. The van der Waals surface area contributed by atoms with Crippen LogP contribution in [0, 0.1) is 5.82 Å². The van der Waals surface area contributed by atoms with Gasteiger partial charge in [0, 0.05) is 18.4 Å². The monoisotopic (exact) mass is 286 g/mol. The Hall–Kier alpha value is -2.36. The molecule has 21 heavy (non-hydrogen) atoms. The van der Waals surface area contributed by atoms with Crippen LogP contribution in [0.3, 0.4) is 0 Å². The van der Waals surface area contributed by atoms with Crippen molar-refractivity contribution < 1.29 is 19.0 Å². The van der Waals surface area contributed by atoms with Gasteiger partial charge in [0.25, 0.3) is 0 Å². The van der Waals surface area contributed by atoms with E-state index in [4.69, 9.17) is 4.74 Å². The maximum Gasteiger partial charge on any atom is 0.311 e. The molecule has 0 aliphatic carbocycles. The van der Waals surface area contributed by atoms with Gasteiger partial charge in [-0.05, 0) is 23.8 Å². The second kappa shape index (κ2) is 5.56. The van der Waals surface area contributed by atoms with Gasteiger partial charge < -0.3 is 9.84 Å². The number of rotatable bonds is 4. The SMILES string of the molecule is O=C(O)C(CC1Cc2cc(F)ccc2O1)c1ccccc1. The van der Waals surface area contributed by atoms with Crippen LogP contribution in [0.2, 0.25) is 0 Å². The number of carboxylic acids is 1. The van der Waals surface area contributed by atoms with Crippen LogP contribution in [-0.4, -0.2) is 17.2 Å². The molecule has 0 amide bonds. The minimum absolute atomic E-state index is 0.233. The lowest BCUT2D eigenvalue weighted by molar-refractivity contribution is -0.139. The number of ether oxygens (including phenoxy) is 1. The molecule has 3 rings (SSSR count). The van der Waals surface area contributed by atoms with Gasteiger partial charge in [0.05, 0.1) is 5.92 Å². The van der Waals surface area contributed by atoms with E-state index in [1.807, 2.05) is 18.2 Å². The van der Waals surface area contributed by atoms with Gasteiger partial charge in [-0.25, -0.2) is 4.39 Å². The molecule has 0 bridgehead atoms. The summed E-state index contributed by atoms with van der Waals surface area (Å²) in [4.78, 5) is 11.5. The Balaban J connectivity index is 1.76. The number of halogens is 1. The molecule has 4 heteroatoms. The van der Waals surface area contributed by atoms with Crippen molar-refractivity contribution in [3.63, 3.8) is 0 Å². The number of carbonyl (C=O) groups is 1. The molecule has 1 N–H and O–H groups in total. The molecule has 0 fully saturated rings. The van der Waals surface area contributed by atoms with E-state index in [1.165, 1.54) is 12.1 Å². The number of fused-ring (bicyclic) bond motifs is 1. The lowest BCUT2D eigenvalue weighted by Gasteiger charge is -2.17. The number of aliphatic carboxylic acids is 1. The molecule has 108 valence electrons. The van der Waals surface area contributed by atoms with Gasteiger partial charge in [0.15, 0.2) is 0 Å². The molecule has 0 radical (unpaired) electrons. The summed E-state index contributed by atoms with van der Waals surface area (Å²) in [5.74, 6) is -1.13. The molecule has 1 aliphatic rings. The fourth-order valence-corrected chi connectivity index (χ4v) is 2.75. The molecule has 1 heterocycles. The minimum atomic E-state index is -0.869. The second-order valence-electron chi connectivity index (χ2n) is 5.23. The first-order valence-corrected chi connectivity index (χ1v) is 6.86. The highest BCUT2D eigenvalue weighted by atomic mass is 19.1. The summed E-state index contributed by atoms with van der Waals surface area (Å²) in [5, 5.41) is 9.43. The molecular formula is C17H15FO3. The quantitative estimate of drug-likeness (QED) is 0.937. The van der Waals surface area contributed by atoms with Crippen LogP contribution in [-0.2, 0) is 11.2 Å². The molecule has 2 aromatic rings. The van der Waals surface area contributed by atoms with Crippen molar-refractivity contribution in [2.24, 2.45) is 0 Å². The van der Waals surface area contributed by atoms with E-state index in [0.717, 1.165) is 11.1 Å². The first kappa shape index (κ1) is 13.6. The Morgan fingerprint density at radius 2 is 2.05 bits per heavy atom. The van der Waals surface area contributed by atoms with Crippen LogP contribution in [0.25, 0.3) is 0 Å². The average molecular weight is 286 g/mol. The molecule has 2 aromatic carbocycles. The van der Waals surface area contributed by atoms with Crippen molar-refractivity contribution >= 4 is 5.97 Å². The summed E-state index contributed by atoms with van der Waals surface area (Å²) in [6, 6.07) is 13.5. The van der Waals surface area contributed by atoms with Gasteiger partial charge >= 0.3 is 5.97 Å². The predicted octanol–water partition coefficient (Wildman–Crippen LogP) is 3.39. The first-order chi connectivity index (χ1) is 10.1. The first-order valence-electron chi connectivity index (χ1n) is 6.86. The summed E-state index contributed by atoms with van der Waals surface area (Å²) in [6.07, 6.45) is 0.683. The van der Waals surface area contributed by atoms with Crippen molar-refractivity contribution in [1.82, 2.24) is 0 Å². The van der Waals surface area contributed by atoms with Crippen LogP contribution in [0.5, 0.6) is 5.75 Å². The van der Waals surface area contributed by atoms with Crippen molar-refractivity contribution in [2.75, 3.05) is 0 Å². The van der Waals surface area contributed by atoms with Crippen LogP contribution in [0.4, 0.5) is 4.39 Å². The van der Waals surface area contributed by atoms with Gasteiger partial charge in [0.2, 0.25) is 0 Å². The third-order valence-corrected chi connectivity index (χ3v) is 3.76. The third-order valence-electron chi connectivity index (χ3n) is 3.76. The van der Waals surface area contributed by atoms with Crippen molar-refractivity contribution in [2.45, 2.75) is 24.9 Å². The van der Waals surface area contributed by atoms with Crippen LogP contribution < -0.4 is 4.74 Å². The second-order valence-corrected chi connectivity index (χ2v) is 5.23. The van der Waals surface area contributed by atoms with E-state index in [1.54, 1.807) is 18.2 Å². The molecule has 0 saturated heterocycles. The highest BCUT2D eigenvalue weighted by molar-refractivity contribution is 5.76. The Morgan fingerprint density at radius 1 is 1.29 bits per heavy atom. The highest BCUT2D eigenvalue weighted by Crippen LogP contribution is 2.33. The van der Waals surface area contributed by atoms with E-state index in [-0.39, 0.29) is 11.9 Å². The number of benzene rings is 2. The molecule has 2 atom stereocenters. The predicted molar refractivity (Wildman–Crippen MR) is 76.0 cm³/mol. The van der Waals surface area contributed by atoms with Gasteiger partial charge in [0.1, 0.15) is 17.7 Å². The van der Waals surface area contributed by atoms with Gasteiger partial charge in [-0.15, -0.1) is 0 Å². The Morgan fingerprint density at radius 3 is 2.76 bits per heavy atom. The van der Waals surface area contributed by atoms with Crippen LogP contribution in [0.1, 0.15) is 23.5 Å². The van der Waals surface area contributed by atoms with Crippen molar-refractivity contribution in [3.05, 3.63) is 65.5 Å². The Bertz CT molecular complexity index is 654.